The van der Waals surface area contributed by atoms with E-state index in [1.165, 1.54) is 12.1 Å². The second-order valence-electron chi connectivity index (χ2n) is 3.91. The molecule has 6 heteroatoms. The van der Waals surface area contributed by atoms with Crippen LogP contribution < -0.4 is 5.73 Å². The zero-order valence-electron chi connectivity index (χ0n) is 10.00. The quantitative estimate of drug-likeness (QED) is 0.877. The molecule has 2 N–H and O–H groups in total. The summed E-state index contributed by atoms with van der Waals surface area (Å²) in [4.78, 5) is 12.8. The van der Waals surface area contributed by atoms with E-state index in [1.807, 2.05) is 0 Å². The van der Waals surface area contributed by atoms with Crippen LogP contribution in [0.5, 0.6) is 0 Å². The van der Waals surface area contributed by atoms with Gasteiger partial charge < -0.3 is 10.6 Å². The summed E-state index contributed by atoms with van der Waals surface area (Å²) in [5, 5.41) is 0. The van der Waals surface area contributed by atoms with Crippen LogP contribution in [0.25, 0.3) is 0 Å². The van der Waals surface area contributed by atoms with Crippen LogP contribution in [0.15, 0.2) is 18.2 Å². The van der Waals surface area contributed by atoms with Gasteiger partial charge in [0, 0.05) is 13.1 Å². The number of hydrogen-bond donors (Lipinski definition) is 1. The Hall–Kier alpha value is -1.56. The molecule has 0 heterocycles. The molecule has 0 aromatic heterocycles. The van der Waals surface area contributed by atoms with E-state index in [1.54, 1.807) is 13.0 Å². The second-order valence-corrected chi connectivity index (χ2v) is 3.91. The SMILES string of the molecule is Cc1ccc(C(=O)N(CCN)CC(F)F)c(F)c1. The Morgan fingerprint density at radius 3 is 2.61 bits per heavy atom. The fourth-order valence-electron chi connectivity index (χ4n) is 1.56. The van der Waals surface area contributed by atoms with Crippen molar-refractivity contribution in [3.8, 4) is 0 Å². The number of rotatable bonds is 5. The number of carbonyl (C=O) groups excluding carboxylic acids is 1. The molecule has 100 valence electrons. The molecule has 0 spiro atoms. The van der Waals surface area contributed by atoms with Crippen LogP contribution in [0.4, 0.5) is 13.2 Å². The van der Waals surface area contributed by atoms with Gasteiger partial charge in [-0.1, -0.05) is 6.07 Å². The van der Waals surface area contributed by atoms with Crippen LogP contribution in [0.2, 0.25) is 0 Å². The van der Waals surface area contributed by atoms with E-state index in [9.17, 15) is 18.0 Å². The molecular weight excluding hydrogens is 245 g/mol. The highest BCUT2D eigenvalue weighted by Gasteiger charge is 2.21. The van der Waals surface area contributed by atoms with Gasteiger partial charge in [0.1, 0.15) is 5.82 Å². The molecule has 0 unspecified atom stereocenters. The monoisotopic (exact) mass is 260 g/mol. The molecule has 0 saturated heterocycles. The van der Waals surface area contributed by atoms with Gasteiger partial charge in [0.25, 0.3) is 12.3 Å². The molecule has 0 saturated carbocycles. The van der Waals surface area contributed by atoms with Gasteiger partial charge in [-0.15, -0.1) is 0 Å². The fraction of sp³-hybridized carbons (Fsp3) is 0.417. The number of hydrogen-bond acceptors (Lipinski definition) is 2. The predicted molar refractivity (Wildman–Crippen MR) is 62.1 cm³/mol. The maximum Gasteiger partial charge on any atom is 0.257 e. The number of carbonyl (C=O) groups is 1. The Bertz CT molecular complexity index is 424. The minimum atomic E-state index is -2.67. The van der Waals surface area contributed by atoms with Crippen molar-refractivity contribution in [1.82, 2.24) is 4.90 Å². The first-order valence-corrected chi connectivity index (χ1v) is 5.49. The van der Waals surface area contributed by atoms with E-state index in [0.29, 0.717) is 5.56 Å². The fourth-order valence-corrected chi connectivity index (χ4v) is 1.56. The smallest absolute Gasteiger partial charge is 0.257 e. The number of alkyl halides is 2. The van der Waals surface area contributed by atoms with E-state index < -0.39 is 24.7 Å². The zero-order valence-corrected chi connectivity index (χ0v) is 10.00. The molecule has 18 heavy (non-hydrogen) atoms. The first kappa shape index (κ1) is 14.5. The summed E-state index contributed by atoms with van der Waals surface area (Å²) in [6.07, 6.45) is -2.67. The van der Waals surface area contributed by atoms with Crippen molar-refractivity contribution in [3.63, 3.8) is 0 Å². The van der Waals surface area contributed by atoms with Gasteiger partial charge in [-0.25, -0.2) is 13.2 Å². The molecule has 0 atom stereocenters. The summed E-state index contributed by atoms with van der Waals surface area (Å²) in [7, 11) is 0. The highest BCUT2D eigenvalue weighted by molar-refractivity contribution is 5.94. The molecule has 1 rings (SSSR count). The Balaban J connectivity index is 2.94. The van der Waals surface area contributed by atoms with Gasteiger partial charge in [-0.3, -0.25) is 4.79 Å². The summed E-state index contributed by atoms with van der Waals surface area (Å²) >= 11 is 0. The van der Waals surface area contributed by atoms with Crippen molar-refractivity contribution in [2.75, 3.05) is 19.6 Å². The molecule has 1 aromatic rings. The molecule has 0 aliphatic carbocycles. The van der Waals surface area contributed by atoms with Crippen molar-refractivity contribution in [2.45, 2.75) is 13.3 Å². The summed E-state index contributed by atoms with van der Waals surface area (Å²) in [5.74, 6) is -1.48. The Morgan fingerprint density at radius 2 is 2.11 bits per heavy atom. The van der Waals surface area contributed by atoms with Crippen molar-refractivity contribution in [2.24, 2.45) is 5.73 Å². The lowest BCUT2D eigenvalue weighted by molar-refractivity contribution is 0.0559. The van der Waals surface area contributed by atoms with Gasteiger partial charge in [-0.05, 0) is 24.6 Å². The topological polar surface area (TPSA) is 46.3 Å². The van der Waals surface area contributed by atoms with Crippen molar-refractivity contribution < 1.29 is 18.0 Å². The number of nitrogens with zero attached hydrogens (tertiary/aromatic N) is 1. The lowest BCUT2D eigenvalue weighted by Crippen LogP contribution is -2.39. The largest absolute Gasteiger partial charge is 0.332 e. The minimum Gasteiger partial charge on any atom is -0.332 e. The first-order valence-electron chi connectivity index (χ1n) is 5.49. The van der Waals surface area contributed by atoms with E-state index in [-0.39, 0.29) is 18.7 Å². The van der Waals surface area contributed by atoms with Crippen molar-refractivity contribution >= 4 is 5.91 Å². The molecule has 0 aliphatic rings. The third-order valence-electron chi connectivity index (χ3n) is 2.40. The second kappa shape index (κ2) is 6.39. The van der Waals surface area contributed by atoms with Crippen molar-refractivity contribution in [3.05, 3.63) is 35.1 Å². The third kappa shape index (κ3) is 3.73. The first-order chi connectivity index (χ1) is 8.45. The Kier molecular flexibility index (Phi) is 5.15. The zero-order chi connectivity index (χ0) is 13.7. The molecule has 1 amide bonds. The average molecular weight is 260 g/mol. The van der Waals surface area contributed by atoms with Gasteiger partial charge in [0.2, 0.25) is 0 Å². The van der Waals surface area contributed by atoms with E-state index >= 15 is 0 Å². The van der Waals surface area contributed by atoms with Crippen LogP contribution >= 0.6 is 0 Å². The number of nitrogens with two attached hydrogens (primary N) is 1. The van der Waals surface area contributed by atoms with E-state index in [2.05, 4.69) is 0 Å². The number of aryl methyl sites for hydroxylation is 1. The van der Waals surface area contributed by atoms with E-state index in [4.69, 9.17) is 5.73 Å². The van der Waals surface area contributed by atoms with Crippen LogP contribution in [-0.2, 0) is 0 Å². The van der Waals surface area contributed by atoms with E-state index in [0.717, 1.165) is 4.90 Å². The normalized spacial score (nSPS) is 10.8. The van der Waals surface area contributed by atoms with Crippen molar-refractivity contribution in [1.29, 1.82) is 0 Å². The molecule has 0 aliphatic heterocycles. The molecule has 0 radical (unpaired) electrons. The van der Waals surface area contributed by atoms with Crippen LogP contribution in [0.1, 0.15) is 15.9 Å². The minimum absolute atomic E-state index is 0.0313. The molecule has 1 aromatic carbocycles. The summed E-state index contributed by atoms with van der Waals surface area (Å²) in [6, 6.07) is 4.04. The van der Waals surface area contributed by atoms with Gasteiger partial charge in [0.05, 0.1) is 12.1 Å². The third-order valence-corrected chi connectivity index (χ3v) is 2.40. The van der Waals surface area contributed by atoms with Gasteiger partial charge in [0.15, 0.2) is 0 Å². The Labute approximate surface area is 103 Å². The highest BCUT2D eigenvalue weighted by atomic mass is 19.3. The number of amides is 1. The number of benzene rings is 1. The molecule has 0 bridgehead atoms. The Morgan fingerprint density at radius 1 is 1.44 bits per heavy atom. The lowest BCUT2D eigenvalue weighted by Gasteiger charge is -2.21. The maximum absolute atomic E-state index is 13.6. The molecule has 3 nitrogen and oxygen atoms in total. The summed E-state index contributed by atoms with van der Waals surface area (Å²) in [5.41, 5.74) is 5.69. The van der Waals surface area contributed by atoms with Gasteiger partial charge >= 0.3 is 0 Å². The molecular formula is C12H15F3N2O. The lowest BCUT2D eigenvalue weighted by atomic mass is 10.1. The predicted octanol–water partition coefficient (Wildman–Crippen LogP) is 1.80. The maximum atomic E-state index is 13.6. The van der Waals surface area contributed by atoms with Crippen LogP contribution in [0, 0.1) is 12.7 Å². The summed E-state index contributed by atoms with van der Waals surface area (Å²) in [6.45, 7) is 0.944. The standard InChI is InChI=1S/C12H15F3N2O/c1-8-2-3-9(10(13)6-8)12(18)17(5-4-16)7-11(14)15/h2-3,6,11H,4-5,7,16H2,1H3. The van der Waals surface area contributed by atoms with Crippen LogP contribution in [0.3, 0.4) is 0 Å². The highest BCUT2D eigenvalue weighted by Crippen LogP contribution is 2.13. The average Bonchev–Trinajstić information content (AvgIpc) is 2.27. The molecule has 0 fully saturated rings. The van der Waals surface area contributed by atoms with Gasteiger partial charge in [-0.2, -0.15) is 0 Å². The summed E-state index contributed by atoms with van der Waals surface area (Å²) < 4.78 is 38.2. The number of halogens is 3. The van der Waals surface area contributed by atoms with Crippen LogP contribution in [-0.4, -0.2) is 36.9 Å².